The van der Waals surface area contributed by atoms with Crippen molar-refractivity contribution in [1.29, 1.82) is 0 Å². The minimum atomic E-state index is -0.585. The minimum absolute atomic E-state index is 0.0640. The van der Waals surface area contributed by atoms with E-state index in [-0.39, 0.29) is 29.3 Å². The van der Waals surface area contributed by atoms with Crippen molar-refractivity contribution < 1.29 is 18.5 Å². The molecule has 0 bridgehead atoms. The van der Waals surface area contributed by atoms with Crippen LogP contribution in [0.5, 0.6) is 0 Å². The number of hydrogen-bond acceptors (Lipinski definition) is 7. The van der Waals surface area contributed by atoms with E-state index in [0.29, 0.717) is 50.5 Å². The Kier molecular flexibility index (Phi) is 8.25. The highest BCUT2D eigenvalue weighted by Crippen LogP contribution is 2.32. The first-order chi connectivity index (χ1) is 20.1. The first-order valence-electron chi connectivity index (χ1n) is 13.0. The van der Waals surface area contributed by atoms with E-state index >= 15 is 4.39 Å². The standard InChI is InChI=1S/C30H27BrFN7O3/c1-30(2,3)29-38-28(42-39-29)27(41)34-16-18-11-10-17(15-21(18)32)19-12-14-33-26-24(19)36-25(37-26)20-7-4-5-8-22(20)35-23(40)9-6-13-31/h4-12,14-15H,13,16H2,1-3H3,(H,34,41)(H,35,40)(H,33,36,37)/b9-6+. The van der Waals surface area contributed by atoms with Crippen molar-refractivity contribution >= 4 is 44.6 Å². The average molecular weight is 632 g/mol. The van der Waals surface area contributed by atoms with Crippen molar-refractivity contribution in [2.24, 2.45) is 0 Å². The van der Waals surface area contributed by atoms with E-state index in [0.717, 1.165) is 0 Å². The van der Waals surface area contributed by atoms with Crippen molar-refractivity contribution in [2.75, 3.05) is 10.6 Å². The monoisotopic (exact) mass is 631 g/mol. The summed E-state index contributed by atoms with van der Waals surface area (Å²) < 4.78 is 20.2. The number of carbonyl (C=O) groups is 2. The molecule has 0 aliphatic carbocycles. The van der Waals surface area contributed by atoms with Gasteiger partial charge in [0.25, 0.3) is 0 Å². The van der Waals surface area contributed by atoms with Crippen molar-refractivity contribution in [2.45, 2.75) is 32.7 Å². The lowest BCUT2D eigenvalue weighted by atomic mass is 9.96. The Balaban J connectivity index is 1.37. The van der Waals surface area contributed by atoms with Crippen LogP contribution in [0, 0.1) is 5.82 Å². The Morgan fingerprint density at radius 3 is 2.64 bits per heavy atom. The lowest BCUT2D eigenvalue weighted by Gasteiger charge is -2.10. The lowest BCUT2D eigenvalue weighted by molar-refractivity contribution is -0.111. The third-order valence-electron chi connectivity index (χ3n) is 6.28. The molecule has 214 valence electrons. The molecule has 5 aromatic rings. The molecule has 0 saturated heterocycles. The molecular formula is C30H27BrFN7O3. The van der Waals surface area contributed by atoms with Crippen LogP contribution in [-0.4, -0.2) is 42.2 Å². The number of halogens is 2. The SMILES string of the molecule is CC(C)(C)c1noc(C(=O)NCc2ccc(-c3ccnc4nc(-c5ccccc5NC(=O)/C=C/CBr)[nH]c34)cc2F)n1. The molecule has 2 amide bonds. The molecule has 0 saturated carbocycles. The number of alkyl halides is 1. The summed E-state index contributed by atoms with van der Waals surface area (Å²) in [7, 11) is 0. The third kappa shape index (κ3) is 6.28. The number of H-pyrrole nitrogens is 1. The molecule has 0 unspecified atom stereocenters. The summed E-state index contributed by atoms with van der Waals surface area (Å²) >= 11 is 3.26. The number of allylic oxidation sites excluding steroid dienone is 1. The number of para-hydroxylation sites is 1. The van der Waals surface area contributed by atoms with Crippen LogP contribution in [0.1, 0.15) is 42.8 Å². The van der Waals surface area contributed by atoms with E-state index in [1.807, 2.05) is 39.0 Å². The maximum absolute atomic E-state index is 15.2. The van der Waals surface area contributed by atoms with Crippen LogP contribution in [0.2, 0.25) is 0 Å². The molecule has 5 rings (SSSR count). The molecule has 2 aromatic carbocycles. The van der Waals surface area contributed by atoms with Gasteiger partial charge in [-0.3, -0.25) is 9.59 Å². The van der Waals surface area contributed by atoms with E-state index in [1.165, 1.54) is 12.1 Å². The topological polar surface area (TPSA) is 139 Å². The van der Waals surface area contributed by atoms with Gasteiger partial charge in [-0.1, -0.05) is 72.2 Å². The number of pyridine rings is 1. The maximum atomic E-state index is 15.2. The fraction of sp³-hybridized carbons (Fsp3) is 0.200. The number of nitrogens with one attached hydrogen (secondary N) is 3. The van der Waals surface area contributed by atoms with Crippen LogP contribution in [-0.2, 0) is 16.8 Å². The van der Waals surface area contributed by atoms with Crippen LogP contribution < -0.4 is 10.6 Å². The van der Waals surface area contributed by atoms with Gasteiger partial charge in [-0.2, -0.15) is 4.98 Å². The first kappa shape index (κ1) is 28.8. The number of nitrogens with zero attached hydrogens (tertiary/aromatic N) is 4. The summed E-state index contributed by atoms with van der Waals surface area (Å²) in [5.74, 6) is -0.621. The number of anilines is 1. The molecule has 0 spiro atoms. The van der Waals surface area contributed by atoms with Gasteiger partial charge >= 0.3 is 11.8 Å². The second-order valence-electron chi connectivity index (χ2n) is 10.4. The van der Waals surface area contributed by atoms with Gasteiger partial charge in [-0.15, -0.1) is 0 Å². The number of aromatic nitrogens is 5. The molecule has 0 aliphatic rings. The number of rotatable bonds is 8. The smallest absolute Gasteiger partial charge is 0.315 e. The second-order valence-corrected chi connectivity index (χ2v) is 11.0. The summed E-state index contributed by atoms with van der Waals surface area (Å²) in [5.41, 5.74) is 3.51. The summed E-state index contributed by atoms with van der Waals surface area (Å²) in [6.45, 7) is 5.65. The normalized spacial score (nSPS) is 11.7. The predicted octanol–water partition coefficient (Wildman–Crippen LogP) is 5.93. The maximum Gasteiger partial charge on any atom is 0.315 e. The molecule has 42 heavy (non-hydrogen) atoms. The van der Waals surface area contributed by atoms with Gasteiger partial charge < -0.3 is 20.1 Å². The van der Waals surface area contributed by atoms with Gasteiger partial charge in [0.15, 0.2) is 11.5 Å². The van der Waals surface area contributed by atoms with Gasteiger partial charge in [-0.25, -0.2) is 14.4 Å². The van der Waals surface area contributed by atoms with Gasteiger partial charge in [0, 0.05) is 46.3 Å². The van der Waals surface area contributed by atoms with E-state index < -0.39 is 11.7 Å². The molecule has 12 heteroatoms. The Morgan fingerprint density at radius 1 is 1.10 bits per heavy atom. The number of hydrogen-bond donors (Lipinski definition) is 3. The zero-order chi connectivity index (χ0) is 29.9. The Bertz CT molecular complexity index is 1810. The summed E-state index contributed by atoms with van der Waals surface area (Å²) in [5, 5.41) is 9.90. The summed E-state index contributed by atoms with van der Waals surface area (Å²) in [6.07, 6.45) is 4.74. The molecule has 0 radical (unpaired) electrons. The molecule has 0 atom stereocenters. The van der Waals surface area contributed by atoms with E-state index in [2.05, 4.69) is 51.7 Å². The van der Waals surface area contributed by atoms with E-state index in [1.54, 1.807) is 36.5 Å². The van der Waals surface area contributed by atoms with Crippen molar-refractivity contribution in [3.63, 3.8) is 0 Å². The molecule has 0 aliphatic heterocycles. The quantitative estimate of drug-likeness (QED) is 0.142. The van der Waals surface area contributed by atoms with Crippen LogP contribution in [0.4, 0.5) is 10.1 Å². The molecule has 0 fully saturated rings. The molecule has 3 N–H and O–H groups in total. The highest BCUT2D eigenvalue weighted by molar-refractivity contribution is 9.09. The lowest BCUT2D eigenvalue weighted by Crippen LogP contribution is -2.24. The van der Waals surface area contributed by atoms with Crippen molar-refractivity contribution in [3.8, 4) is 22.5 Å². The highest BCUT2D eigenvalue weighted by Gasteiger charge is 2.24. The van der Waals surface area contributed by atoms with Gasteiger partial charge in [0.05, 0.1) is 11.2 Å². The number of carbonyl (C=O) groups excluding carboxylic acids is 2. The number of fused-ring (bicyclic) bond motifs is 1. The highest BCUT2D eigenvalue weighted by atomic mass is 79.9. The molecule has 3 heterocycles. The minimum Gasteiger partial charge on any atom is -0.344 e. The zero-order valence-corrected chi connectivity index (χ0v) is 24.6. The fourth-order valence-corrected chi connectivity index (χ4v) is 4.32. The summed E-state index contributed by atoms with van der Waals surface area (Å²) in [4.78, 5) is 41.2. The number of benzene rings is 2. The van der Waals surface area contributed by atoms with Crippen molar-refractivity contribution in [3.05, 3.63) is 90.0 Å². The summed E-state index contributed by atoms with van der Waals surface area (Å²) in [6, 6.07) is 13.8. The number of aromatic amines is 1. The Morgan fingerprint density at radius 2 is 1.90 bits per heavy atom. The molecule has 10 nitrogen and oxygen atoms in total. The van der Waals surface area contributed by atoms with Gasteiger partial charge in [0.1, 0.15) is 11.6 Å². The second kappa shape index (κ2) is 12.0. The molecule has 3 aromatic heterocycles. The van der Waals surface area contributed by atoms with Gasteiger partial charge in [0.2, 0.25) is 5.91 Å². The molecular weight excluding hydrogens is 605 g/mol. The van der Waals surface area contributed by atoms with Crippen LogP contribution in [0.15, 0.2) is 71.4 Å². The van der Waals surface area contributed by atoms with Crippen molar-refractivity contribution in [1.82, 2.24) is 30.4 Å². The predicted molar refractivity (Wildman–Crippen MR) is 160 cm³/mol. The first-order valence-corrected chi connectivity index (χ1v) is 14.1. The Hall–Kier alpha value is -4.71. The van der Waals surface area contributed by atoms with E-state index in [9.17, 15) is 9.59 Å². The van der Waals surface area contributed by atoms with Crippen LogP contribution >= 0.6 is 15.9 Å². The third-order valence-corrected chi connectivity index (χ3v) is 6.66. The van der Waals surface area contributed by atoms with Crippen LogP contribution in [0.25, 0.3) is 33.7 Å². The zero-order valence-electron chi connectivity index (χ0n) is 23.0. The van der Waals surface area contributed by atoms with E-state index in [4.69, 9.17) is 4.52 Å². The van der Waals surface area contributed by atoms with Crippen LogP contribution in [0.3, 0.4) is 0 Å². The average Bonchev–Trinajstić information content (AvgIpc) is 3.64. The Labute approximate surface area is 249 Å². The largest absolute Gasteiger partial charge is 0.344 e. The number of amides is 2. The number of imidazole rings is 1. The van der Waals surface area contributed by atoms with Gasteiger partial charge in [-0.05, 0) is 29.8 Å². The fourth-order valence-electron chi connectivity index (χ4n) is 4.13.